The molecule has 0 amide bonds. The standard InChI is InChI=1S/C17H14N2O3S/c20-17(14-7-13(14)11-3-1-5-18-8-11)21-10-12-9-19-16(22-12)15-4-2-6-23-15/h1-6,8-9,13-14H,7,10H2. The van der Waals surface area contributed by atoms with Crippen molar-refractivity contribution < 1.29 is 13.9 Å². The van der Waals surface area contributed by atoms with Crippen LogP contribution in [-0.2, 0) is 16.1 Å². The Morgan fingerprint density at radius 1 is 1.35 bits per heavy atom. The smallest absolute Gasteiger partial charge is 0.310 e. The molecule has 0 aliphatic heterocycles. The zero-order valence-electron chi connectivity index (χ0n) is 12.2. The second kappa shape index (κ2) is 5.96. The highest BCUT2D eigenvalue weighted by molar-refractivity contribution is 7.13. The first-order chi connectivity index (χ1) is 11.3. The average molecular weight is 326 g/mol. The number of hydrogen-bond donors (Lipinski definition) is 0. The van der Waals surface area contributed by atoms with Crippen LogP contribution in [0, 0.1) is 5.92 Å². The lowest BCUT2D eigenvalue weighted by Gasteiger charge is -2.02. The van der Waals surface area contributed by atoms with E-state index in [1.165, 1.54) is 0 Å². The number of esters is 1. The number of rotatable bonds is 5. The van der Waals surface area contributed by atoms with Gasteiger partial charge >= 0.3 is 5.97 Å². The van der Waals surface area contributed by atoms with E-state index in [1.54, 1.807) is 23.7 Å². The Kier molecular flexibility index (Phi) is 3.67. The third kappa shape index (κ3) is 3.03. The molecule has 2 unspecified atom stereocenters. The van der Waals surface area contributed by atoms with Gasteiger partial charge in [-0.05, 0) is 35.4 Å². The maximum absolute atomic E-state index is 12.1. The van der Waals surface area contributed by atoms with Gasteiger partial charge in [0.25, 0.3) is 0 Å². The number of carbonyl (C=O) groups is 1. The van der Waals surface area contributed by atoms with Crippen molar-refractivity contribution in [2.24, 2.45) is 5.92 Å². The van der Waals surface area contributed by atoms with Crippen molar-refractivity contribution in [1.82, 2.24) is 9.97 Å². The normalized spacial score (nSPS) is 19.5. The van der Waals surface area contributed by atoms with Crippen LogP contribution in [0.1, 0.15) is 23.7 Å². The van der Waals surface area contributed by atoms with E-state index >= 15 is 0 Å². The summed E-state index contributed by atoms with van der Waals surface area (Å²) in [6.07, 6.45) is 5.96. The van der Waals surface area contributed by atoms with Crippen LogP contribution in [0.5, 0.6) is 0 Å². The van der Waals surface area contributed by atoms with Crippen molar-refractivity contribution in [3.8, 4) is 10.8 Å². The van der Waals surface area contributed by atoms with Crippen molar-refractivity contribution in [3.63, 3.8) is 0 Å². The molecule has 0 radical (unpaired) electrons. The van der Waals surface area contributed by atoms with E-state index < -0.39 is 0 Å². The highest BCUT2D eigenvalue weighted by atomic mass is 32.1. The molecule has 0 spiro atoms. The Morgan fingerprint density at radius 2 is 2.30 bits per heavy atom. The van der Waals surface area contributed by atoms with Gasteiger partial charge in [-0.25, -0.2) is 4.98 Å². The van der Waals surface area contributed by atoms with Gasteiger partial charge in [0.05, 0.1) is 17.0 Å². The van der Waals surface area contributed by atoms with Crippen molar-refractivity contribution in [2.45, 2.75) is 18.9 Å². The summed E-state index contributed by atoms with van der Waals surface area (Å²) in [5.74, 6) is 1.09. The number of hydrogen-bond acceptors (Lipinski definition) is 6. The number of pyridine rings is 1. The minimum Gasteiger partial charge on any atom is -0.457 e. The molecule has 116 valence electrons. The summed E-state index contributed by atoms with van der Waals surface area (Å²) in [4.78, 5) is 21.3. The van der Waals surface area contributed by atoms with Gasteiger partial charge < -0.3 is 9.15 Å². The molecule has 1 fully saturated rings. The summed E-state index contributed by atoms with van der Waals surface area (Å²) in [7, 11) is 0. The molecule has 3 aromatic heterocycles. The summed E-state index contributed by atoms with van der Waals surface area (Å²) in [5.41, 5.74) is 1.09. The maximum Gasteiger partial charge on any atom is 0.310 e. The molecule has 0 bridgehead atoms. The lowest BCUT2D eigenvalue weighted by molar-refractivity contribution is -0.147. The third-order valence-corrected chi connectivity index (χ3v) is 4.71. The van der Waals surface area contributed by atoms with Crippen molar-refractivity contribution in [1.29, 1.82) is 0 Å². The van der Waals surface area contributed by atoms with Gasteiger partial charge in [0.15, 0.2) is 12.4 Å². The molecule has 1 saturated carbocycles. The monoisotopic (exact) mass is 326 g/mol. The van der Waals surface area contributed by atoms with Gasteiger partial charge in [-0.1, -0.05) is 12.1 Å². The van der Waals surface area contributed by atoms with Crippen LogP contribution in [0.2, 0.25) is 0 Å². The Balaban J connectivity index is 1.33. The van der Waals surface area contributed by atoms with Gasteiger partial charge in [0, 0.05) is 12.4 Å². The molecular weight excluding hydrogens is 312 g/mol. The predicted octanol–water partition coefficient (Wildman–Crippen LogP) is 3.65. The van der Waals surface area contributed by atoms with Crippen LogP contribution in [0.3, 0.4) is 0 Å². The molecule has 4 rings (SSSR count). The third-order valence-electron chi connectivity index (χ3n) is 3.85. The van der Waals surface area contributed by atoms with Crippen LogP contribution < -0.4 is 0 Å². The number of oxazole rings is 1. The van der Waals surface area contributed by atoms with Gasteiger partial charge in [-0.2, -0.15) is 0 Å². The predicted molar refractivity (Wildman–Crippen MR) is 84.7 cm³/mol. The number of carbonyl (C=O) groups excluding carboxylic acids is 1. The first-order valence-electron chi connectivity index (χ1n) is 7.36. The molecule has 6 heteroatoms. The maximum atomic E-state index is 12.1. The van der Waals surface area contributed by atoms with Crippen LogP contribution in [0.25, 0.3) is 10.8 Å². The summed E-state index contributed by atoms with van der Waals surface area (Å²) in [6.45, 7) is 0.119. The molecule has 1 aliphatic rings. The van der Waals surface area contributed by atoms with E-state index in [-0.39, 0.29) is 24.4 Å². The van der Waals surface area contributed by atoms with Crippen LogP contribution >= 0.6 is 11.3 Å². The SMILES string of the molecule is O=C(OCc1cnc(-c2cccs2)o1)C1CC1c1cccnc1. The molecule has 1 aliphatic carbocycles. The second-order valence-corrected chi connectivity index (χ2v) is 6.40. The van der Waals surface area contributed by atoms with Gasteiger partial charge in [-0.15, -0.1) is 11.3 Å². The lowest BCUT2D eigenvalue weighted by atomic mass is 10.1. The van der Waals surface area contributed by atoms with E-state index in [2.05, 4.69) is 9.97 Å². The van der Waals surface area contributed by atoms with Crippen LogP contribution in [-0.4, -0.2) is 15.9 Å². The number of ether oxygens (including phenoxy) is 1. The summed E-state index contributed by atoms with van der Waals surface area (Å²) < 4.78 is 10.9. The summed E-state index contributed by atoms with van der Waals surface area (Å²) >= 11 is 1.56. The van der Waals surface area contributed by atoms with E-state index in [4.69, 9.17) is 9.15 Å². The fourth-order valence-corrected chi connectivity index (χ4v) is 3.21. The molecule has 0 aromatic carbocycles. The zero-order chi connectivity index (χ0) is 15.6. The Hall–Kier alpha value is -2.47. The van der Waals surface area contributed by atoms with Crippen molar-refractivity contribution in [3.05, 3.63) is 59.6 Å². The summed E-state index contributed by atoms with van der Waals surface area (Å²) in [6, 6.07) is 7.76. The van der Waals surface area contributed by atoms with E-state index in [1.807, 2.05) is 35.8 Å². The largest absolute Gasteiger partial charge is 0.457 e. The van der Waals surface area contributed by atoms with E-state index in [0.717, 1.165) is 16.9 Å². The first kappa shape index (κ1) is 14.1. The molecule has 5 nitrogen and oxygen atoms in total. The topological polar surface area (TPSA) is 65.2 Å². The van der Waals surface area contributed by atoms with E-state index in [0.29, 0.717) is 11.7 Å². The molecule has 3 heterocycles. The highest BCUT2D eigenvalue weighted by Gasteiger charge is 2.45. The zero-order valence-corrected chi connectivity index (χ0v) is 13.0. The molecule has 2 atom stereocenters. The van der Waals surface area contributed by atoms with E-state index in [9.17, 15) is 4.79 Å². The first-order valence-corrected chi connectivity index (χ1v) is 8.24. The van der Waals surface area contributed by atoms with Crippen LogP contribution in [0.4, 0.5) is 0 Å². The molecule has 0 N–H and O–H groups in total. The minimum atomic E-state index is -0.187. The van der Waals surface area contributed by atoms with Gasteiger partial charge in [0.1, 0.15) is 0 Å². The quantitative estimate of drug-likeness (QED) is 0.670. The number of nitrogens with zero attached hydrogens (tertiary/aromatic N) is 2. The highest BCUT2D eigenvalue weighted by Crippen LogP contribution is 2.47. The molecule has 3 aromatic rings. The Labute approximate surface area is 137 Å². The van der Waals surface area contributed by atoms with Crippen molar-refractivity contribution in [2.75, 3.05) is 0 Å². The lowest BCUT2D eigenvalue weighted by Crippen LogP contribution is -2.07. The summed E-state index contributed by atoms with van der Waals surface area (Å²) in [5, 5.41) is 1.96. The molecule has 0 saturated heterocycles. The number of thiophene rings is 1. The second-order valence-electron chi connectivity index (χ2n) is 5.45. The molecule has 23 heavy (non-hydrogen) atoms. The van der Waals surface area contributed by atoms with Gasteiger partial charge in [0.2, 0.25) is 5.89 Å². The minimum absolute atomic E-state index is 0.0705. The Bertz CT molecular complexity index is 798. The average Bonchev–Trinajstić information content (AvgIpc) is 2.99. The van der Waals surface area contributed by atoms with Gasteiger partial charge in [-0.3, -0.25) is 9.78 Å². The number of aromatic nitrogens is 2. The van der Waals surface area contributed by atoms with Crippen molar-refractivity contribution >= 4 is 17.3 Å². The fraction of sp³-hybridized carbons (Fsp3) is 0.235. The molecular formula is C17H14N2O3S. The van der Waals surface area contributed by atoms with Crippen LogP contribution in [0.15, 0.2) is 52.7 Å². The fourth-order valence-electron chi connectivity index (χ4n) is 2.56. The Morgan fingerprint density at radius 3 is 3.09 bits per heavy atom.